The molecule has 1 heterocycles. The van der Waals surface area contributed by atoms with Gasteiger partial charge in [0, 0.05) is 13.0 Å². The predicted molar refractivity (Wildman–Crippen MR) is 42.3 cm³/mol. The van der Waals surface area contributed by atoms with Crippen molar-refractivity contribution in [3.05, 3.63) is 0 Å². The zero-order chi connectivity index (χ0) is 8.66. The predicted octanol–water partition coefficient (Wildman–Crippen LogP) is 0.832. The van der Waals surface area contributed by atoms with Crippen molar-refractivity contribution in [3.63, 3.8) is 0 Å². The number of ether oxygens (including phenoxy) is 1. The summed E-state index contributed by atoms with van der Waals surface area (Å²) >= 11 is 0. The van der Waals surface area contributed by atoms with Gasteiger partial charge in [-0.05, 0) is 12.8 Å². The third kappa shape index (κ3) is 0.825. The summed E-state index contributed by atoms with van der Waals surface area (Å²) in [6.45, 7) is 0.945. The smallest absolute Gasteiger partial charge is 0.109 e. The number of rotatable bonds is 1. The van der Waals surface area contributed by atoms with Crippen LogP contribution in [0.25, 0.3) is 0 Å². The van der Waals surface area contributed by atoms with Crippen molar-refractivity contribution in [1.29, 1.82) is 5.26 Å². The Morgan fingerprint density at radius 3 is 2.42 bits per heavy atom. The van der Waals surface area contributed by atoms with Crippen molar-refractivity contribution < 1.29 is 9.84 Å². The number of hydrogen-bond donors (Lipinski definition) is 1. The van der Waals surface area contributed by atoms with Crippen LogP contribution in [0, 0.1) is 16.7 Å². The summed E-state index contributed by atoms with van der Waals surface area (Å²) in [5.41, 5.74) is -1.33. The highest BCUT2D eigenvalue weighted by atomic mass is 16.5. The first-order valence-electron chi connectivity index (χ1n) is 4.44. The number of nitriles is 1. The molecule has 0 aromatic heterocycles. The zero-order valence-corrected chi connectivity index (χ0v) is 7.05. The quantitative estimate of drug-likeness (QED) is 0.629. The van der Waals surface area contributed by atoms with Crippen molar-refractivity contribution in [3.8, 4) is 6.07 Å². The average Bonchev–Trinajstić information content (AvgIpc) is 2.35. The Morgan fingerprint density at radius 2 is 2.08 bits per heavy atom. The molecule has 1 saturated carbocycles. The highest BCUT2D eigenvalue weighted by Gasteiger charge is 2.56. The molecule has 2 rings (SSSR count). The van der Waals surface area contributed by atoms with Gasteiger partial charge in [0.1, 0.15) is 5.60 Å². The van der Waals surface area contributed by atoms with Crippen molar-refractivity contribution in [2.24, 2.45) is 5.41 Å². The second kappa shape index (κ2) is 2.45. The molecule has 1 atom stereocenters. The van der Waals surface area contributed by atoms with Gasteiger partial charge in [0.25, 0.3) is 0 Å². The van der Waals surface area contributed by atoms with Crippen LogP contribution in [-0.2, 0) is 4.74 Å². The van der Waals surface area contributed by atoms with Gasteiger partial charge in [-0.1, -0.05) is 6.42 Å². The Morgan fingerprint density at radius 1 is 1.33 bits per heavy atom. The third-order valence-corrected chi connectivity index (χ3v) is 3.31. The molecule has 12 heavy (non-hydrogen) atoms. The van der Waals surface area contributed by atoms with Crippen LogP contribution in [0.1, 0.15) is 25.7 Å². The van der Waals surface area contributed by atoms with Gasteiger partial charge >= 0.3 is 0 Å². The topological polar surface area (TPSA) is 53.2 Å². The summed E-state index contributed by atoms with van der Waals surface area (Å²) in [6.07, 6.45) is 3.36. The average molecular weight is 167 g/mol. The van der Waals surface area contributed by atoms with E-state index in [-0.39, 0.29) is 0 Å². The Hall–Kier alpha value is -0.590. The molecule has 2 fully saturated rings. The summed E-state index contributed by atoms with van der Waals surface area (Å²) in [6, 6.07) is 2.27. The fourth-order valence-electron chi connectivity index (χ4n) is 2.14. The van der Waals surface area contributed by atoms with Gasteiger partial charge in [-0.3, -0.25) is 0 Å². The third-order valence-electron chi connectivity index (χ3n) is 3.31. The highest BCUT2D eigenvalue weighted by Crippen LogP contribution is 2.51. The van der Waals surface area contributed by atoms with Crippen LogP contribution < -0.4 is 0 Å². The van der Waals surface area contributed by atoms with Crippen molar-refractivity contribution >= 4 is 0 Å². The molecule has 0 aromatic rings. The fourth-order valence-corrected chi connectivity index (χ4v) is 2.14. The number of aliphatic hydroxyl groups is 1. The molecule has 66 valence electrons. The summed E-state index contributed by atoms with van der Waals surface area (Å²) in [4.78, 5) is 0. The Balaban J connectivity index is 2.21. The Bertz CT molecular complexity index is 221. The lowest BCUT2D eigenvalue weighted by atomic mass is 9.59. The Labute approximate surface area is 71.9 Å². The number of nitrogens with zero attached hydrogens (tertiary/aromatic N) is 1. The van der Waals surface area contributed by atoms with E-state index in [1.54, 1.807) is 0 Å². The first kappa shape index (κ1) is 8.03. The molecule has 0 unspecified atom stereocenters. The lowest BCUT2D eigenvalue weighted by molar-refractivity contribution is -0.0944. The molecule has 1 aliphatic heterocycles. The van der Waals surface area contributed by atoms with Crippen LogP contribution in [0.4, 0.5) is 0 Å². The lowest BCUT2D eigenvalue weighted by Gasteiger charge is -2.45. The summed E-state index contributed by atoms with van der Waals surface area (Å²) in [5.74, 6) is 0. The van der Waals surface area contributed by atoms with Gasteiger partial charge < -0.3 is 9.84 Å². The van der Waals surface area contributed by atoms with Gasteiger partial charge in [0.15, 0.2) is 0 Å². The first-order chi connectivity index (χ1) is 5.72. The highest BCUT2D eigenvalue weighted by molar-refractivity contribution is 5.16. The van der Waals surface area contributed by atoms with E-state index < -0.39 is 11.0 Å². The van der Waals surface area contributed by atoms with Gasteiger partial charge in [-0.2, -0.15) is 5.26 Å². The largest absolute Gasteiger partial charge is 0.386 e. The van der Waals surface area contributed by atoms with E-state index >= 15 is 0 Å². The summed E-state index contributed by atoms with van der Waals surface area (Å²) in [5, 5.41) is 19.1. The SMILES string of the molecule is N#CC1([C@@]2(O)CCOC2)CCC1. The molecule has 0 spiro atoms. The van der Waals surface area contributed by atoms with Crippen LogP contribution in [0.5, 0.6) is 0 Å². The van der Waals surface area contributed by atoms with Crippen LogP contribution in [0.3, 0.4) is 0 Å². The minimum Gasteiger partial charge on any atom is -0.386 e. The first-order valence-corrected chi connectivity index (χ1v) is 4.44. The molecule has 0 radical (unpaired) electrons. The van der Waals surface area contributed by atoms with Crippen molar-refractivity contribution in [2.75, 3.05) is 13.2 Å². The van der Waals surface area contributed by atoms with Gasteiger partial charge in [0.05, 0.1) is 18.1 Å². The second-order valence-corrected chi connectivity index (χ2v) is 3.88. The van der Waals surface area contributed by atoms with E-state index in [4.69, 9.17) is 10.00 Å². The maximum Gasteiger partial charge on any atom is 0.109 e. The maximum atomic E-state index is 10.1. The van der Waals surface area contributed by atoms with Crippen LogP contribution in [0.15, 0.2) is 0 Å². The van der Waals surface area contributed by atoms with E-state index in [0.29, 0.717) is 19.6 Å². The molecule has 0 amide bonds. The zero-order valence-electron chi connectivity index (χ0n) is 7.05. The minimum atomic E-state index is -0.847. The molecule has 3 nitrogen and oxygen atoms in total. The van der Waals surface area contributed by atoms with E-state index in [1.165, 1.54) is 0 Å². The molecular formula is C9H13NO2. The van der Waals surface area contributed by atoms with E-state index in [0.717, 1.165) is 19.3 Å². The molecule has 2 aliphatic rings. The van der Waals surface area contributed by atoms with Crippen molar-refractivity contribution in [1.82, 2.24) is 0 Å². The van der Waals surface area contributed by atoms with Gasteiger partial charge in [-0.25, -0.2) is 0 Å². The lowest BCUT2D eigenvalue weighted by Crippen LogP contribution is -2.52. The molecular weight excluding hydrogens is 154 g/mol. The molecule has 1 aliphatic carbocycles. The molecule has 0 aromatic carbocycles. The Kier molecular flexibility index (Phi) is 1.64. The second-order valence-electron chi connectivity index (χ2n) is 3.88. The van der Waals surface area contributed by atoms with Gasteiger partial charge in [-0.15, -0.1) is 0 Å². The normalized spacial score (nSPS) is 38.7. The molecule has 1 saturated heterocycles. The summed E-state index contributed by atoms with van der Waals surface area (Å²) in [7, 11) is 0. The minimum absolute atomic E-state index is 0.348. The molecule has 0 bridgehead atoms. The van der Waals surface area contributed by atoms with E-state index in [2.05, 4.69) is 6.07 Å². The van der Waals surface area contributed by atoms with Crippen molar-refractivity contribution in [2.45, 2.75) is 31.3 Å². The molecule has 3 heteroatoms. The maximum absolute atomic E-state index is 10.1. The monoisotopic (exact) mass is 167 g/mol. The van der Waals surface area contributed by atoms with Crippen LogP contribution >= 0.6 is 0 Å². The standard InChI is InChI=1S/C9H13NO2/c10-6-8(2-1-3-8)9(11)4-5-12-7-9/h11H,1-5,7H2/t9-/m1/s1. The van der Waals surface area contributed by atoms with Gasteiger partial charge in [0.2, 0.25) is 0 Å². The van der Waals surface area contributed by atoms with Crippen LogP contribution in [0.2, 0.25) is 0 Å². The fraction of sp³-hybridized carbons (Fsp3) is 0.889. The van der Waals surface area contributed by atoms with E-state index in [9.17, 15) is 5.11 Å². The molecule has 1 N–H and O–H groups in total. The summed E-state index contributed by atoms with van der Waals surface area (Å²) < 4.78 is 5.14. The van der Waals surface area contributed by atoms with E-state index in [1.807, 2.05) is 0 Å². The number of hydrogen-bond acceptors (Lipinski definition) is 3. The van der Waals surface area contributed by atoms with Crippen LogP contribution in [-0.4, -0.2) is 23.9 Å².